The molecular formula is C19H18N2O4S. The summed E-state index contributed by atoms with van der Waals surface area (Å²) in [6.07, 6.45) is 0. The summed E-state index contributed by atoms with van der Waals surface area (Å²) < 4.78 is 37.2. The van der Waals surface area contributed by atoms with Gasteiger partial charge < -0.3 is 15.4 Å². The van der Waals surface area contributed by atoms with Gasteiger partial charge in [0.1, 0.15) is 10.6 Å². The van der Waals surface area contributed by atoms with Crippen LogP contribution in [0, 0.1) is 0 Å². The summed E-state index contributed by atoms with van der Waals surface area (Å²) in [4.78, 5) is -0.285. The third-order valence-electron chi connectivity index (χ3n) is 3.68. The summed E-state index contributed by atoms with van der Waals surface area (Å²) >= 11 is 0. The number of anilines is 4. The minimum Gasteiger partial charge on any atom is -0.495 e. The second-order valence-electron chi connectivity index (χ2n) is 5.53. The fraction of sp³-hybridized carbons (Fsp3) is 0.0526. The van der Waals surface area contributed by atoms with Crippen LogP contribution in [-0.4, -0.2) is 20.1 Å². The SMILES string of the molecule is COc1ccc(Nc2ccc(Nc3ccccc3)cc2)cc1S(=O)(=O)O. The van der Waals surface area contributed by atoms with Crippen molar-refractivity contribution in [3.05, 3.63) is 72.8 Å². The number of methoxy groups -OCH3 is 1. The second-order valence-corrected chi connectivity index (χ2v) is 6.92. The zero-order chi connectivity index (χ0) is 18.6. The van der Waals surface area contributed by atoms with E-state index in [0.717, 1.165) is 17.1 Å². The zero-order valence-electron chi connectivity index (χ0n) is 14.0. The lowest BCUT2D eigenvalue weighted by molar-refractivity contribution is 0.397. The standard InChI is InChI=1S/C19H18N2O4S/c1-25-18-12-11-17(13-19(18)26(22,23)24)21-16-9-7-15(8-10-16)20-14-5-3-2-4-6-14/h2-13,20-21H,1H3,(H,22,23,24). The van der Waals surface area contributed by atoms with Crippen molar-refractivity contribution in [2.45, 2.75) is 4.90 Å². The third kappa shape index (κ3) is 4.33. The molecule has 0 spiro atoms. The molecule has 7 heteroatoms. The Balaban J connectivity index is 1.77. The number of nitrogens with one attached hydrogen (secondary N) is 2. The van der Waals surface area contributed by atoms with Crippen LogP contribution < -0.4 is 15.4 Å². The van der Waals surface area contributed by atoms with Gasteiger partial charge in [0.15, 0.2) is 0 Å². The smallest absolute Gasteiger partial charge is 0.298 e. The summed E-state index contributed by atoms with van der Waals surface area (Å²) in [6.45, 7) is 0. The molecular weight excluding hydrogens is 352 g/mol. The predicted octanol–water partition coefficient (Wildman–Crippen LogP) is 4.43. The molecule has 134 valence electrons. The first kappa shape index (κ1) is 17.8. The number of rotatable bonds is 6. The van der Waals surface area contributed by atoms with Gasteiger partial charge in [-0.2, -0.15) is 8.42 Å². The maximum absolute atomic E-state index is 11.5. The van der Waals surface area contributed by atoms with Gasteiger partial charge in [-0.1, -0.05) is 18.2 Å². The van der Waals surface area contributed by atoms with Gasteiger partial charge in [-0.25, -0.2) is 0 Å². The highest BCUT2D eigenvalue weighted by atomic mass is 32.2. The maximum Gasteiger partial charge on any atom is 0.298 e. The van der Waals surface area contributed by atoms with E-state index < -0.39 is 10.1 Å². The zero-order valence-corrected chi connectivity index (χ0v) is 14.8. The van der Waals surface area contributed by atoms with Gasteiger partial charge in [0.2, 0.25) is 0 Å². The summed E-state index contributed by atoms with van der Waals surface area (Å²) in [5, 5.41) is 6.38. The fourth-order valence-corrected chi connectivity index (χ4v) is 3.13. The van der Waals surface area contributed by atoms with Crippen LogP contribution >= 0.6 is 0 Å². The van der Waals surface area contributed by atoms with Crippen molar-refractivity contribution in [2.24, 2.45) is 0 Å². The fourth-order valence-electron chi connectivity index (χ4n) is 2.45. The Morgan fingerprint density at radius 1 is 0.769 bits per heavy atom. The first-order valence-corrected chi connectivity index (χ1v) is 9.24. The molecule has 0 radical (unpaired) electrons. The van der Waals surface area contributed by atoms with E-state index in [1.165, 1.54) is 19.2 Å². The third-order valence-corrected chi connectivity index (χ3v) is 4.55. The Morgan fingerprint density at radius 3 is 1.81 bits per heavy atom. The minimum absolute atomic E-state index is 0.0838. The van der Waals surface area contributed by atoms with Crippen LogP contribution in [0.1, 0.15) is 0 Å². The van der Waals surface area contributed by atoms with Crippen molar-refractivity contribution >= 4 is 32.9 Å². The summed E-state index contributed by atoms with van der Waals surface area (Å²) in [7, 11) is -3.03. The average Bonchev–Trinajstić information content (AvgIpc) is 2.63. The van der Waals surface area contributed by atoms with Crippen molar-refractivity contribution < 1.29 is 17.7 Å². The molecule has 0 atom stereocenters. The van der Waals surface area contributed by atoms with Crippen molar-refractivity contribution in [1.82, 2.24) is 0 Å². The topological polar surface area (TPSA) is 87.7 Å². The molecule has 0 saturated heterocycles. The highest BCUT2D eigenvalue weighted by Gasteiger charge is 2.17. The van der Waals surface area contributed by atoms with E-state index in [0.29, 0.717) is 5.69 Å². The van der Waals surface area contributed by atoms with Crippen LogP contribution in [0.3, 0.4) is 0 Å². The predicted molar refractivity (Wildman–Crippen MR) is 102 cm³/mol. The van der Waals surface area contributed by atoms with E-state index in [2.05, 4.69) is 10.6 Å². The molecule has 3 aromatic carbocycles. The molecule has 0 fully saturated rings. The monoisotopic (exact) mass is 370 g/mol. The van der Waals surface area contributed by atoms with E-state index in [1.54, 1.807) is 6.07 Å². The second kappa shape index (κ2) is 7.47. The number of ether oxygens (including phenoxy) is 1. The molecule has 0 amide bonds. The lowest BCUT2D eigenvalue weighted by atomic mass is 10.2. The van der Waals surface area contributed by atoms with Crippen molar-refractivity contribution in [1.29, 1.82) is 0 Å². The summed E-state index contributed by atoms with van der Waals surface area (Å²) in [6, 6.07) is 21.8. The van der Waals surface area contributed by atoms with Crippen molar-refractivity contribution in [3.8, 4) is 5.75 Å². The van der Waals surface area contributed by atoms with E-state index in [-0.39, 0.29) is 10.6 Å². The van der Waals surface area contributed by atoms with E-state index in [9.17, 15) is 13.0 Å². The average molecular weight is 370 g/mol. The lowest BCUT2D eigenvalue weighted by Gasteiger charge is -2.12. The van der Waals surface area contributed by atoms with Gasteiger partial charge in [0.05, 0.1) is 7.11 Å². The van der Waals surface area contributed by atoms with E-state index >= 15 is 0 Å². The summed E-state index contributed by atoms with van der Waals surface area (Å²) in [5.74, 6) is 0.0838. The molecule has 0 aliphatic rings. The molecule has 0 bridgehead atoms. The van der Waals surface area contributed by atoms with Gasteiger partial charge in [-0.15, -0.1) is 0 Å². The minimum atomic E-state index is -4.38. The van der Waals surface area contributed by atoms with Crippen LogP contribution in [0.25, 0.3) is 0 Å². The van der Waals surface area contributed by atoms with Crippen LogP contribution in [-0.2, 0) is 10.1 Å². The molecule has 0 aliphatic heterocycles. The normalized spacial score (nSPS) is 11.0. The molecule has 3 N–H and O–H groups in total. The highest BCUT2D eigenvalue weighted by molar-refractivity contribution is 7.86. The number of benzene rings is 3. The molecule has 0 aliphatic carbocycles. The number of hydrogen-bond donors (Lipinski definition) is 3. The first-order chi connectivity index (χ1) is 12.5. The van der Waals surface area contributed by atoms with Gasteiger partial charge in [0, 0.05) is 22.7 Å². The van der Waals surface area contributed by atoms with E-state index in [4.69, 9.17) is 4.74 Å². The number of para-hydroxylation sites is 1. The largest absolute Gasteiger partial charge is 0.495 e. The molecule has 0 heterocycles. The van der Waals surface area contributed by atoms with Crippen LogP contribution in [0.15, 0.2) is 77.7 Å². The van der Waals surface area contributed by atoms with Crippen molar-refractivity contribution in [2.75, 3.05) is 17.7 Å². The van der Waals surface area contributed by atoms with Gasteiger partial charge in [-0.3, -0.25) is 4.55 Å². The number of hydrogen-bond acceptors (Lipinski definition) is 5. The molecule has 3 aromatic rings. The Morgan fingerprint density at radius 2 is 1.27 bits per heavy atom. The maximum atomic E-state index is 11.5. The van der Waals surface area contributed by atoms with Crippen LogP contribution in [0.4, 0.5) is 22.7 Å². The van der Waals surface area contributed by atoms with Crippen molar-refractivity contribution in [3.63, 3.8) is 0 Å². The van der Waals surface area contributed by atoms with Crippen LogP contribution in [0.5, 0.6) is 5.75 Å². The highest BCUT2D eigenvalue weighted by Crippen LogP contribution is 2.29. The summed E-state index contributed by atoms with van der Waals surface area (Å²) in [5.41, 5.74) is 3.20. The van der Waals surface area contributed by atoms with Gasteiger partial charge >= 0.3 is 0 Å². The molecule has 0 aromatic heterocycles. The van der Waals surface area contributed by atoms with Gasteiger partial charge in [-0.05, 0) is 54.6 Å². The lowest BCUT2D eigenvalue weighted by Crippen LogP contribution is -2.02. The Kier molecular flexibility index (Phi) is 5.11. The van der Waals surface area contributed by atoms with Gasteiger partial charge in [0.25, 0.3) is 10.1 Å². The molecule has 0 saturated carbocycles. The Labute approximate surface area is 152 Å². The molecule has 0 unspecified atom stereocenters. The molecule has 3 rings (SSSR count). The Bertz CT molecular complexity index is 988. The molecule has 26 heavy (non-hydrogen) atoms. The quantitative estimate of drug-likeness (QED) is 0.557. The first-order valence-electron chi connectivity index (χ1n) is 7.80. The van der Waals surface area contributed by atoms with Crippen LogP contribution in [0.2, 0.25) is 0 Å². The van der Waals surface area contributed by atoms with E-state index in [1.807, 2.05) is 54.6 Å². The molecule has 6 nitrogen and oxygen atoms in total. The Hall–Kier alpha value is -3.03.